The summed E-state index contributed by atoms with van der Waals surface area (Å²) in [6.45, 7) is 6.53. The zero-order chi connectivity index (χ0) is 12.3. The SMILES string of the molecule is CC(C)C(=O)C1=CCN(Cc2ccccc2)C1. The van der Waals surface area contributed by atoms with E-state index in [0.717, 1.165) is 25.2 Å². The molecule has 0 aromatic heterocycles. The number of hydrogen-bond donors (Lipinski definition) is 0. The first kappa shape index (κ1) is 12.1. The standard InChI is InChI=1S/C15H19NO/c1-12(2)15(17)14-8-9-16(11-14)10-13-6-4-3-5-7-13/h3-8,12H,9-11H2,1-2H3. The second-order valence-corrected chi connectivity index (χ2v) is 4.90. The van der Waals surface area contributed by atoms with Gasteiger partial charge >= 0.3 is 0 Å². The third-order valence-electron chi connectivity index (χ3n) is 3.08. The summed E-state index contributed by atoms with van der Waals surface area (Å²) in [7, 11) is 0. The Morgan fingerprint density at radius 2 is 2.00 bits per heavy atom. The summed E-state index contributed by atoms with van der Waals surface area (Å²) in [6, 6.07) is 10.4. The minimum atomic E-state index is 0.109. The summed E-state index contributed by atoms with van der Waals surface area (Å²) in [5.41, 5.74) is 2.29. The van der Waals surface area contributed by atoms with Crippen LogP contribution in [0, 0.1) is 5.92 Å². The van der Waals surface area contributed by atoms with E-state index in [1.165, 1.54) is 5.56 Å². The maximum absolute atomic E-state index is 11.8. The minimum absolute atomic E-state index is 0.109. The van der Waals surface area contributed by atoms with Crippen molar-refractivity contribution < 1.29 is 4.79 Å². The molecule has 1 aliphatic rings. The third kappa shape index (κ3) is 3.04. The van der Waals surface area contributed by atoms with Crippen molar-refractivity contribution in [1.82, 2.24) is 4.90 Å². The fourth-order valence-corrected chi connectivity index (χ4v) is 2.12. The number of carbonyl (C=O) groups excluding carboxylic acids is 1. The first-order valence-electron chi connectivity index (χ1n) is 6.16. The highest BCUT2D eigenvalue weighted by Crippen LogP contribution is 2.16. The third-order valence-corrected chi connectivity index (χ3v) is 3.08. The smallest absolute Gasteiger partial charge is 0.162 e. The lowest BCUT2D eigenvalue weighted by molar-refractivity contribution is -0.118. The van der Waals surface area contributed by atoms with E-state index in [1.54, 1.807) is 0 Å². The highest BCUT2D eigenvalue weighted by Gasteiger charge is 2.21. The number of carbonyl (C=O) groups is 1. The van der Waals surface area contributed by atoms with Gasteiger partial charge in [0.1, 0.15) is 0 Å². The van der Waals surface area contributed by atoms with Crippen LogP contribution in [0.25, 0.3) is 0 Å². The van der Waals surface area contributed by atoms with Gasteiger partial charge in [-0.15, -0.1) is 0 Å². The number of benzene rings is 1. The zero-order valence-electron chi connectivity index (χ0n) is 10.5. The number of rotatable bonds is 4. The summed E-state index contributed by atoms with van der Waals surface area (Å²) < 4.78 is 0. The summed E-state index contributed by atoms with van der Waals surface area (Å²) in [5, 5.41) is 0. The van der Waals surface area contributed by atoms with E-state index in [2.05, 4.69) is 35.2 Å². The fraction of sp³-hybridized carbons (Fsp3) is 0.400. The predicted octanol–water partition coefficient (Wildman–Crippen LogP) is 2.65. The molecule has 90 valence electrons. The maximum Gasteiger partial charge on any atom is 0.162 e. The topological polar surface area (TPSA) is 20.3 Å². The van der Waals surface area contributed by atoms with E-state index in [0.29, 0.717) is 5.78 Å². The Balaban J connectivity index is 1.91. The lowest BCUT2D eigenvalue weighted by Gasteiger charge is -2.16. The molecule has 2 heteroatoms. The van der Waals surface area contributed by atoms with Crippen LogP contribution >= 0.6 is 0 Å². The molecule has 0 saturated carbocycles. The molecule has 0 unspecified atom stereocenters. The molecule has 0 N–H and O–H groups in total. The molecule has 2 nitrogen and oxygen atoms in total. The molecule has 2 rings (SSSR count). The normalized spacial score (nSPS) is 16.3. The Kier molecular flexibility index (Phi) is 3.75. The summed E-state index contributed by atoms with van der Waals surface area (Å²) in [5.74, 6) is 0.401. The highest BCUT2D eigenvalue weighted by molar-refractivity contribution is 5.97. The van der Waals surface area contributed by atoms with Crippen LogP contribution in [-0.4, -0.2) is 23.8 Å². The molecule has 0 bridgehead atoms. The number of ketones is 1. The quantitative estimate of drug-likeness (QED) is 0.791. The summed E-state index contributed by atoms with van der Waals surface area (Å²) in [6.07, 6.45) is 2.07. The Hall–Kier alpha value is -1.41. The van der Waals surface area contributed by atoms with Gasteiger partial charge in [0.15, 0.2) is 5.78 Å². The minimum Gasteiger partial charge on any atom is -0.294 e. The van der Waals surface area contributed by atoms with Crippen LogP contribution in [0.1, 0.15) is 19.4 Å². The van der Waals surface area contributed by atoms with Crippen molar-refractivity contribution in [2.75, 3.05) is 13.1 Å². The van der Waals surface area contributed by atoms with Gasteiger partial charge in [0.2, 0.25) is 0 Å². The van der Waals surface area contributed by atoms with Gasteiger partial charge in [-0.3, -0.25) is 9.69 Å². The summed E-state index contributed by atoms with van der Waals surface area (Å²) >= 11 is 0. The molecular formula is C15H19NO. The first-order valence-corrected chi connectivity index (χ1v) is 6.16. The predicted molar refractivity (Wildman–Crippen MR) is 69.6 cm³/mol. The molecule has 17 heavy (non-hydrogen) atoms. The van der Waals surface area contributed by atoms with Crippen molar-refractivity contribution in [3.8, 4) is 0 Å². The van der Waals surface area contributed by atoms with Crippen LogP contribution in [-0.2, 0) is 11.3 Å². The van der Waals surface area contributed by atoms with E-state index in [1.807, 2.05) is 19.9 Å². The number of nitrogens with zero attached hydrogens (tertiary/aromatic N) is 1. The summed E-state index contributed by atoms with van der Waals surface area (Å²) in [4.78, 5) is 14.1. The van der Waals surface area contributed by atoms with Crippen molar-refractivity contribution in [3.05, 3.63) is 47.5 Å². The van der Waals surface area contributed by atoms with Crippen LogP contribution in [0.2, 0.25) is 0 Å². The van der Waals surface area contributed by atoms with Gasteiger partial charge in [-0.1, -0.05) is 50.3 Å². The Morgan fingerprint density at radius 3 is 2.65 bits per heavy atom. The fourth-order valence-electron chi connectivity index (χ4n) is 2.12. The molecule has 0 atom stereocenters. The lowest BCUT2D eigenvalue weighted by Crippen LogP contribution is -2.22. The molecular weight excluding hydrogens is 210 g/mol. The van der Waals surface area contributed by atoms with Crippen LogP contribution < -0.4 is 0 Å². The second-order valence-electron chi connectivity index (χ2n) is 4.90. The molecule has 0 spiro atoms. The van der Waals surface area contributed by atoms with Gasteiger partial charge in [0.25, 0.3) is 0 Å². The van der Waals surface area contributed by atoms with Gasteiger partial charge in [0, 0.05) is 31.1 Å². The molecule has 1 aliphatic heterocycles. The van der Waals surface area contributed by atoms with Gasteiger partial charge < -0.3 is 0 Å². The van der Waals surface area contributed by atoms with E-state index < -0.39 is 0 Å². The van der Waals surface area contributed by atoms with Crippen LogP contribution in [0.4, 0.5) is 0 Å². The molecule has 1 aromatic rings. The number of Topliss-reactive ketones (excluding diaryl/α,β-unsaturated/α-hetero) is 1. The van der Waals surface area contributed by atoms with Crippen LogP contribution in [0.3, 0.4) is 0 Å². The van der Waals surface area contributed by atoms with E-state index in [4.69, 9.17) is 0 Å². The van der Waals surface area contributed by atoms with Crippen molar-refractivity contribution in [2.45, 2.75) is 20.4 Å². The zero-order valence-corrected chi connectivity index (χ0v) is 10.5. The van der Waals surface area contributed by atoms with E-state index in [9.17, 15) is 4.79 Å². The highest BCUT2D eigenvalue weighted by atomic mass is 16.1. The molecule has 0 radical (unpaired) electrons. The maximum atomic E-state index is 11.8. The van der Waals surface area contributed by atoms with E-state index >= 15 is 0 Å². The molecule has 1 aromatic carbocycles. The van der Waals surface area contributed by atoms with E-state index in [-0.39, 0.29) is 5.92 Å². The van der Waals surface area contributed by atoms with Crippen LogP contribution in [0.5, 0.6) is 0 Å². The van der Waals surface area contributed by atoms with Crippen molar-refractivity contribution in [3.63, 3.8) is 0 Å². The average molecular weight is 229 g/mol. The molecule has 1 heterocycles. The van der Waals surface area contributed by atoms with Gasteiger partial charge in [-0.05, 0) is 5.56 Å². The van der Waals surface area contributed by atoms with Crippen molar-refractivity contribution in [2.24, 2.45) is 5.92 Å². The monoisotopic (exact) mass is 229 g/mol. The van der Waals surface area contributed by atoms with Gasteiger partial charge in [-0.25, -0.2) is 0 Å². The van der Waals surface area contributed by atoms with Crippen molar-refractivity contribution in [1.29, 1.82) is 0 Å². The second kappa shape index (κ2) is 5.28. The molecule has 0 amide bonds. The van der Waals surface area contributed by atoms with Gasteiger partial charge in [0.05, 0.1) is 0 Å². The molecule has 0 fully saturated rings. The Labute approximate surface area is 103 Å². The molecule has 0 saturated heterocycles. The molecule has 0 aliphatic carbocycles. The Morgan fingerprint density at radius 1 is 1.29 bits per heavy atom. The lowest BCUT2D eigenvalue weighted by atomic mass is 10.0. The van der Waals surface area contributed by atoms with Gasteiger partial charge in [-0.2, -0.15) is 0 Å². The largest absolute Gasteiger partial charge is 0.294 e. The van der Waals surface area contributed by atoms with Crippen molar-refractivity contribution >= 4 is 5.78 Å². The van der Waals surface area contributed by atoms with Crippen LogP contribution in [0.15, 0.2) is 42.0 Å². The first-order chi connectivity index (χ1) is 8.16. The number of hydrogen-bond acceptors (Lipinski definition) is 2. The Bertz CT molecular complexity index is 420. The average Bonchev–Trinajstić information content (AvgIpc) is 2.77.